The Bertz CT molecular complexity index is 1350. The van der Waals surface area contributed by atoms with Crippen molar-refractivity contribution in [1.29, 1.82) is 0 Å². The first kappa shape index (κ1) is 22.3. The fourth-order valence-electron chi connectivity index (χ4n) is 5.01. The maximum absolute atomic E-state index is 13.4. The summed E-state index contributed by atoms with van der Waals surface area (Å²) in [7, 11) is 1.65. The van der Waals surface area contributed by atoms with Crippen molar-refractivity contribution in [3.63, 3.8) is 0 Å². The van der Waals surface area contributed by atoms with Crippen LogP contribution in [0, 0.1) is 13.8 Å². The Morgan fingerprint density at radius 1 is 1.06 bits per heavy atom. The van der Waals surface area contributed by atoms with Crippen molar-refractivity contribution in [2.75, 3.05) is 20.2 Å². The lowest BCUT2D eigenvalue weighted by atomic mass is 9.99. The molecule has 1 unspecified atom stereocenters. The van der Waals surface area contributed by atoms with Crippen LogP contribution in [0.2, 0.25) is 0 Å². The molecule has 1 aliphatic heterocycles. The van der Waals surface area contributed by atoms with Crippen molar-refractivity contribution in [3.05, 3.63) is 80.9 Å². The van der Waals surface area contributed by atoms with Crippen LogP contribution in [0.4, 0.5) is 0 Å². The van der Waals surface area contributed by atoms with E-state index >= 15 is 0 Å². The number of pyridine rings is 1. The second kappa shape index (κ2) is 9.38. The summed E-state index contributed by atoms with van der Waals surface area (Å²) in [5.74, 6) is 1.49. The highest BCUT2D eigenvalue weighted by Crippen LogP contribution is 2.30. The van der Waals surface area contributed by atoms with E-state index < -0.39 is 0 Å². The Morgan fingerprint density at radius 2 is 1.82 bits per heavy atom. The van der Waals surface area contributed by atoms with Gasteiger partial charge in [0, 0.05) is 5.56 Å². The van der Waals surface area contributed by atoms with Gasteiger partial charge in [-0.05, 0) is 91.0 Å². The Kier molecular flexibility index (Phi) is 6.15. The van der Waals surface area contributed by atoms with Gasteiger partial charge in [0.15, 0.2) is 5.82 Å². The molecule has 2 aromatic heterocycles. The molecule has 1 fully saturated rings. The molecule has 5 rings (SSSR count). The van der Waals surface area contributed by atoms with E-state index in [-0.39, 0.29) is 11.6 Å². The van der Waals surface area contributed by atoms with Crippen LogP contribution in [-0.2, 0) is 6.54 Å². The molecule has 8 heteroatoms. The zero-order chi connectivity index (χ0) is 23.7. The fourth-order valence-corrected chi connectivity index (χ4v) is 5.01. The molecule has 2 aromatic carbocycles. The molecule has 4 aromatic rings. The van der Waals surface area contributed by atoms with Crippen LogP contribution < -0.4 is 10.3 Å². The van der Waals surface area contributed by atoms with E-state index in [1.807, 2.05) is 41.9 Å². The number of aromatic nitrogens is 5. The maximum Gasteiger partial charge on any atom is 0.253 e. The van der Waals surface area contributed by atoms with Gasteiger partial charge >= 0.3 is 0 Å². The third kappa shape index (κ3) is 4.33. The number of aryl methyl sites for hydroxylation is 2. The van der Waals surface area contributed by atoms with Crippen LogP contribution in [0.15, 0.2) is 47.3 Å². The number of methoxy groups -OCH3 is 1. The van der Waals surface area contributed by atoms with Crippen molar-refractivity contribution in [1.82, 2.24) is 30.1 Å². The van der Waals surface area contributed by atoms with Gasteiger partial charge in [-0.1, -0.05) is 30.2 Å². The lowest BCUT2D eigenvalue weighted by Gasteiger charge is -2.33. The molecule has 1 saturated heterocycles. The molecular weight excluding hydrogens is 428 g/mol. The smallest absolute Gasteiger partial charge is 0.253 e. The summed E-state index contributed by atoms with van der Waals surface area (Å²) >= 11 is 0. The van der Waals surface area contributed by atoms with Gasteiger partial charge in [-0.25, -0.2) is 4.68 Å². The third-order valence-corrected chi connectivity index (χ3v) is 6.67. The number of tetrazole rings is 1. The second-order valence-electron chi connectivity index (χ2n) is 9.14. The van der Waals surface area contributed by atoms with Gasteiger partial charge in [0.2, 0.25) is 0 Å². The number of piperidine rings is 1. The lowest BCUT2D eigenvalue weighted by Crippen LogP contribution is -2.38. The average Bonchev–Trinajstić information content (AvgIpc) is 3.29. The summed E-state index contributed by atoms with van der Waals surface area (Å²) < 4.78 is 7.09. The quantitative estimate of drug-likeness (QED) is 0.473. The molecule has 0 spiro atoms. The number of nitrogens with one attached hydrogen (secondary N) is 1. The van der Waals surface area contributed by atoms with Crippen LogP contribution in [0.3, 0.4) is 0 Å². The maximum atomic E-state index is 13.4. The van der Waals surface area contributed by atoms with Crippen LogP contribution >= 0.6 is 0 Å². The number of fused-ring (bicyclic) bond motifs is 1. The Morgan fingerprint density at radius 3 is 2.56 bits per heavy atom. The molecule has 8 nitrogen and oxygen atoms in total. The van der Waals surface area contributed by atoms with Gasteiger partial charge in [-0.3, -0.25) is 9.69 Å². The van der Waals surface area contributed by atoms with E-state index in [0.717, 1.165) is 53.7 Å². The number of rotatable bonds is 6. The van der Waals surface area contributed by atoms with Crippen LogP contribution in [-0.4, -0.2) is 50.3 Å². The number of aromatic amines is 1. The van der Waals surface area contributed by atoms with Crippen molar-refractivity contribution in [2.45, 2.75) is 45.7 Å². The molecule has 1 atom stereocenters. The van der Waals surface area contributed by atoms with E-state index in [2.05, 4.69) is 44.5 Å². The summed E-state index contributed by atoms with van der Waals surface area (Å²) in [6.45, 7) is 6.44. The van der Waals surface area contributed by atoms with E-state index in [9.17, 15) is 4.79 Å². The standard InChI is InChI=1S/C26H30N6O2/c1-17-13-18(2)23-20(14-17)15-22(26(33)27-23)24(31-11-5-4-6-12-31)25-28-29-30-32(25)16-19-7-9-21(34-3)10-8-19/h7-10,13-15,24H,4-6,11-12,16H2,1-3H3,(H,27,33). The molecule has 1 N–H and O–H groups in total. The van der Waals surface area contributed by atoms with E-state index in [1.54, 1.807) is 7.11 Å². The monoisotopic (exact) mass is 458 g/mol. The molecule has 0 radical (unpaired) electrons. The van der Waals surface area contributed by atoms with Crippen molar-refractivity contribution in [2.24, 2.45) is 0 Å². The highest BCUT2D eigenvalue weighted by molar-refractivity contribution is 5.83. The summed E-state index contributed by atoms with van der Waals surface area (Å²) in [6, 6.07) is 13.8. The highest BCUT2D eigenvalue weighted by Gasteiger charge is 2.31. The van der Waals surface area contributed by atoms with Crippen molar-refractivity contribution in [3.8, 4) is 5.75 Å². The molecule has 0 amide bonds. The number of hydrogen-bond donors (Lipinski definition) is 1. The fraction of sp³-hybridized carbons (Fsp3) is 0.385. The summed E-state index contributed by atoms with van der Waals surface area (Å²) in [5.41, 5.74) is 4.78. The van der Waals surface area contributed by atoms with Gasteiger partial charge in [-0.2, -0.15) is 0 Å². The minimum atomic E-state index is -0.317. The number of likely N-dealkylation sites (tertiary alicyclic amines) is 1. The summed E-state index contributed by atoms with van der Waals surface area (Å²) in [6.07, 6.45) is 3.40. The van der Waals surface area contributed by atoms with Crippen molar-refractivity contribution >= 4 is 10.9 Å². The van der Waals surface area contributed by atoms with Gasteiger partial charge in [-0.15, -0.1) is 5.10 Å². The van der Waals surface area contributed by atoms with Crippen LogP contribution in [0.25, 0.3) is 10.9 Å². The zero-order valence-electron chi connectivity index (χ0n) is 19.9. The minimum absolute atomic E-state index is 0.0889. The number of hydrogen-bond acceptors (Lipinski definition) is 6. The number of H-pyrrole nitrogens is 1. The first-order valence-electron chi connectivity index (χ1n) is 11.8. The molecule has 3 heterocycles. The van der Waals surface area contributed by atoms with E-state index in [1.165, 1.54) is 12.0 Å². The first-order chi connectivity index (χ1) is 16.5. The molecule has 176 valence electrons. The summed E-state index contributed by atoms with van der Waals surface area (Å²) in [4.78, 5) is 18.9. The normalized spacial score (nSPS) is 15.5. The van der Waals surface area contributed by atoms with Crippen molar-refractivity contribution < 1.29 is 4.74 Å². The Labute approximate surface area is 198 Å². The number of ether oxygens (including phenoxy) is 1. The Balaban J connectivity index is 1.60. The van der Waals surface area contributed by atoms with E-state index in [0.29, 0.717) is 17.9 Å². The Hall–Kier alpha value is -3.52. The molecular formula is C26H30N6O2. The average molecular weight is 459 g/mol. The molecule has 1 aliphatic rings. The van der Waals surface area contributed by atoms with Gasteiger partial charge in [0.25, 0.3) is 5.56 Å². The predicted molar refractivity (Wildman–Crippen MR) is 131 cm³/mol. The number of benzene rings is 2. The summed E-state index contributed by atoms with van der Waals surface area (Å²) in [5, 5.41) is 13.8. The number of nitrogens with zero attached hydrogens (tertiary/aromatic N) is 5. The van der Waals surface area contributed by atoms with Gasteiger partial charge < -0.3 is 9.72 Å². The van der Waals surface area contributed by atoms with Gasteiger partial charge in [0.1, 0.15) is 11.8 Å². The topological polar surface area (TPSA) is 88.9 Å². The lowest BCUT2D eigenvalue weighted by molar-refractivity contribution is 0.177. The SMILES string of the molecule is COc1ccc(Cn2nnnc2C(c2cc3cc(C)cc(C)c3[nH]c2=O)N2CCCCC2)cc1. The van der Waals surface area contributed by atoms with Crippen LogP contribution in [0.1, 0.15) is 53.4 Å². The zero-order valence-corrected chi connectivity index (χ0v) is 19.9. The molecule has 0 saturated carbocycles. The predicted octanol–water partition coefficient (Wildman–Crippen LogP) is 3.76. The van der Waals surface area contributed by atoms with Crippen LogP contribution in [0.5, 0.6) is 5.75 Å². The first-order valence-corrected chi connectivity index (χ1v) is 11.8. The third-order valence-electron chi connectivity index (χ3n) is 6.67. The molecule has 34 heavy (non-hydrogen) atoms. The van der Waals surface area contributed by atoms with E-state index in [4.69, 9.17) is 4.74 Å². The largest absolute Gasteiger partial charge is 0.497 e. The molecule has 0 bridgehead atoms. The second-order valence-corrected chi connectivity index (χ2v) is 9.14. The van der Waals surface area contributed by atoms with Gasteiger partial charge in [0.05, 0.1) is 19.2 Å². The minimum Gasteiger partial charge on any atom is -0.497 e. The highest BCUT2D eigenvalue weighted by atomic mass is 16.5. The molecule has 0 aliphatic carbocycles.